The molecule has 0 aromatic heterocycles. The molecule has 0 saturated carbocycles. The maximum atomic E-state index is 13.1. The molecule has 33 heavy (non-hydrogen) atoms. The average molecular weight is 465 g/mol. The summed E-state index contributed by atoms with van der Waals surface area (Å²) in [6.07, 6.45) is 0. The minimum Gasteiger partial charge on any atom is -0.465 e. The van der Waals surface area contributed by atoms with Crippen molar-refractivity contribution in [3.8, 4) is 0 Å². The van der Waals surface area contributed by atoms with Crippen molar-refractivity contribution in [2.24, 2.45) is 0 Å². The summed E-state index contributed by atoms with van der Waals surface area (Å²) in [5, 5.41) is 0. The lowest BCUT2D eigenvalue weighted by atomic mass is 9.96. The molecule has 1 heterocycles. The zero-order valence-corrected chi connectivity index (χ0v) is 19.4. The molecule has 1 saturated heterocycles. The number of carbonyl (C=O) groups excluding carboxylic acids is 1. The van der Waals surface area contributed by atoms with Gasteiger partial charge in [0.05, 0.1) is 24.5 Å². The fraction of sp³-hybridized carbons (Fsp3) is 0.269. The third kappa shape index (κ3) is 5.50. The normalized spacial score (nSPS) is 15.5. The number of benzene rings is 3. The van der Waals surface area contributed by atoms with Crippen LogP contribution in [0.1, 0.15) is 33.1 Å². The molecule has 4 rings (SSSR count). The maximum Gasteiger partial charge on any atom is 0.337 e. The number of esters is 1. The van der Waals surface area contributed by atoms with Crippen LogP contribution in [0.25, 0.3) is 0 Å². The highest BCUT2D eigenvalue weighted by atomic mass is 32.2. The number of piperazine rings is 1. The number of rotatable bonds is 7. The molecule has 1 fully saturated rings. The van der Waals surface area contributed by atoms with Crippen LogP contribution in [-0.2, 0) is 20.5 Å². The molecule has 7 heteroatoms. The van der Waals surface area contributed by atoms with Gasteiger partial charge in [-0.3, -0.25) is 4.90 Å². The van der Waals surface area contributed by atoms with E-state index < -0.39 is 16.0 Å². The molecule has 3 aromatic carbocycles. The van der Waals surface area contributed by atoms with Gasteiger partial charge < -0.3 is 4.74 Å². The molecule has 1 aliphatic heterocycles. The number of nitrogens with zero attached hydrogens (tertiary/aromatic N) is 2. The largest absolute Gasteiger partial charge is 0.465 e. The van der Waals surface area contributed by atoms with E-state index >= 15 is 0 Å². The van der Waals surface area contributed by atoms with Crippen molar-refractivity contribution in [1.82, 2.24) is 9.21 Å². The first kappa shape index (κ1) is 23.2. The summed E-state index contributed by atoms with van der Waals surface area (Å²) < 4.78 is 32.4. The highest BCUT2D eigenvalue weighted by Gasteiger charge is 2.31. The van der Waals surface area contributed by atoms with E-state index in [0.29, 0.717) is 37.3 Å². The van der Waals surface area contributed by atoms with Gasteiger partial charge in [0.25, 0.3) is 0 Å². The van der Waals surface area contributed by atoms with Crippen LogP contribution in [0.5, 0.6) is 0 Å². The molecule has 172 valence electrons. The van der Waals surface area contributed by atoms with Crippen molar-refractivity contribution < 1.29 is 17.9 Å². The zero-order valence-electron chi connectivity index (χ0n) is 18.6. The first-order valence-corrected chi connectivity index (χ1v) is 12.6. The molecule has 6 nitrogen and oxygen atoms in total. The first-order chi connectivity index (χ1) is 16.0. The minimum absolute atomic E-state index is 0.0862. The fourth-order valence-electron chi connectivity index (χ4n) is 4.28. The highest BCUT2D eigenvalue weighted by Crippen LogP contribution is 2.30. The highest BCUT2D eigenvalue weighted by molar-refractivity contribution is 7.88. The maximum absolute atomic E-state index is 13.1. The summed E-state index contributed by atoms with van der Waals surface area (Å²) in [4.78, 5) is 13.9. The number of methoxy groups -OCH3 is 1. The van der Waals surface area contributed by atoms with Crippen molar-refractivity contribution in [2.45, 2.75) is 11.8 Å². The predicted octanol–water partition coefficient (Wildman–Crippen LogP) is 3.71. The molecule has 1 aliphatic rings. The van der Waals surface area contributed by atoms with Crippen LogP contribution in [-0.4, -0.2) is 56.9 Å². The molecule has 0 N–H and O–H groups in total. The lowest BCUT2D eigenvalue weighted by Crippen LogP contribution is -2.50. The third-order valence-electron chi connectivity index (χ3n) is 5.99. The predicted molar refractivity (Wildman–Crippen MR) is 128 cm³/mol. The molecule has 0 bridgehead atoms. The van der Waals surface area contributed by atoms with Gasteiger partial charge in [0.15, 0.2) is 0 Å². The second-order valence-corrected chi connectivity index (χ2v) is 10.1. The lowest BCUT2D eigenvalue weighted by Gasteiger charge is -2.39. The Morgan fingerprint density at radius 3 is 1.82 bits per heavy atom. The van der Waals surface area contributed by atoms with Crippen LogP contribution in [0.3, 0.4) is 0 Å². The second kappa shape index (κ2) is 10.3. The molecule has 0 unspecified atom stereocenters. The van der Waals surface area contributed by atoms with Gasteiger partial charge in [-0.15, -0.1) is 0 Å². The Kier molecular flexibility index (Phi) is 7.23. The monoisotopic (exact) mass is 464 g/mol. The van der Waals surface area contributed by atoms with Gasteiger partial charge >= 0.3 is 5.97 Å². The molecular formula is C26H28N2O4S. The molecule has 0 aliphatic carbocycles. The number of hydrogen-bond acceptors (Lipinski definition) is 5. The van der Waals surface area contributed by atoms with Crippen LogP contribution in [0.2, 0.25) is 0 Å². The number of sulfonamides is 1. The Morgan fingerprint density at radius 1 is 0.818 bits per heavy atom. The number of carbonyl (C=O) groups is 1. The van der Waals surface area contributed by atoms with Crippen molar-refractivity contribution in [1.29, 1.82) is 0 Å². The van der Waals surface area contributed by atoms with Gasteiger partial charge in [0.2, 0.25) is 10.0 Å². The summed E-state index contributed by atoms with van der Waals surface area (Å²) in [5.74, 6) is -0.526. The van der Waals surface area contributed by atoms with E-state index in [0.717, 1.165) is 0 Å². The smallest absolute Gasteiger partial charge is 0.337 e. The Morgan fingerprint density at radius 2 is 1.33 bits per heavy atom. The minimum atomic E-state index is -3.46. The standard InChI is InChI=1S/C26H28N2O4S/c1-32-26(29)24-14-12-21(13-15-24)20-33(30,31)28-18-16-27(17-19-28)25(22-8-4-2-5-9-22)23-10-6-3-7-11-23/h2-15,25H,16-20H2,1H3. The summed E-state index contributed by atoms with van der Waals surface area (Å²) in [6, 6.07) is 27.3. The summed E-state index contributed by atoms with van der Waals surface area (Å²) in [5.41, 5.74) is 3.45. The number of hydrogen-bond donors (Lipinski definition) is 0. The summed E-state index contributed by atoms with van der Waals surface area (Å²) >= 11 is 0. The van der Waals surface area contributed by atoms with E-state index in [1.165, 1.54) is 18.2 Å². The van der Waals surface area contributed by atoms with Gasteiger partial charge in [-0.05, 0) is 28.8 Å². The van der Waals surface area contributed by atoms with Crippen molar-refractivity contribution in [3.63, 3.8) is 0 Å². The van der Waals surface area contributed by atoms with Gasteiger partial charge in [-0.1, -0.05) is 72.8 Å². The number of ether oxygens (including phenoxy) is 1. The molecule has 0 atom stereocenters. The van der Waals surface area contributed by atoms with E-state index in [1.54, 1.807) is 28.6 Å². The quantitative estimate of drug-likeness (QED) is 0.499. The van der Waals surface area contributed by atoms with Gasteiger partial charge in [0.1, 0.15) is 0 Å². The SMILES string of the molecule is COC(=O)c1ccc(CS(=O)(=O)N2CCN(C(c3ccccc3)c3ccccc3)CC2)cc1. The summed E-state index contributed by atoms with van der Waals surface area (Å²) in [7, 11) is -2.14. The molecular weight excluding hydrogens is 436 g/mol. The Balaban J connectivity index is 1.45. The Hall–Kier alpha value is -3.00. The first-order valence-electron chi connectivity index (χ1n) is 11.0. The Labute approximate surface area is 195 Å². The average Bonchev–Trinajstić information content (AvgIpc) is 2.86. The van der Waals surface area contributed by atoms with Crippen LogP contribution < -0.4 is 0 Å². The second-order valence-electron chi connectivity index (χ2n) is 8.10. The fourth-order valence-corrected chi connectivity index (χ4v) is 5.80. The molecule has 3 aromatic rings. The van der Waals surface area contributed by atoms with E-state index in [4.69, 9.17) is 4.74 Å². The topological polar surface area (TPSA) is 66.9 Å². The molecule has 0 spiro atoms. The van der Waals surface area contributed by atoms with Gasteiger partial charge in [-0.25, -0.2) is 13.2 Å². The van der Waals surface area contributed by atoms with Crippen molar-refractivity contribution in [3.05, 3.63) is 107 Å². The van der Waals surface area contributed by atoms with E-state index in [1.807, 2.05) is 36.4 Å². The third-order valence-corrected chi connectivity index (χ3v) is 7.84. The molecule has 0 radical (unpaired) electrons. The van der Waals surface area contributed by atoms with Crippen LogP contribution in [0, 0.1) is 0 Å². The Bertz CT molecular complexity index is 1120. The van der Waals surface area contributed by atoms with Crippen LogP contribution in [0.15, 0.2) is 84.9 Å². The van der Waals surface area contributed by atoms with Crippen molar-refractivity contribution >= 4 is 16.0 Å². The van der Waals surface area contributed by atoms with Crippen LogP contribution >= 0.6 is 0 Å². The van der Waals surface area contributed by atoms with Gasteiger partial charge in [0, 0.05) is 26.2 Å². The van der Waals surface area contributed by atoms with Crippen LogP contribution in [0.4, 0.5) is 0 Å². The van der Waals surface area contributed by atoms with E-state index in [2.05, 4.69) is 29.2 Å². The lowest BCUT2D eigenvalue weighted by molar-refractivity contribution is 0.0600. The van der Waals surface area contributed by atoms with Crippen molar-refractivity contribution in [2.75, 3.05) is 33.3 Å². The molecule has 0 amide bonds. The summed E-state index contributed by atoms with van der Waals surface area (Å²) in [6.45, 7) is 2.18. The van der Waals surface area contributed by atoms with Gasteiger partial charge in [-0.2, -0.15) is 4.31 Å². The zero-order chi connectivity index (χ0) is 23.3. The van der Waals surface area contributed by atoms with E-state index in [-0.39, 0.29) is 11.8 Å². The van der Waals surface area contributed by atoms with E-state index in [9.17, 15) is 13.2 Å².